The van der Waals surface area contributed by atoms with E-state index in [1.807, 2.05) is 31.2 Å². The van der Waals surface area contributed by atoms with Crippen molar-refractivity contribution in [2.24, 2.45) is 0 Å². The molecule has 0 radical (unpaired) electrons. The van der Waals surface area contributed by atoms with Gasteiger partial charge in [-0.3, -0.25) is 9.59 Å². The van der Waals surface area contributed by atoms with Crippen molar-refractivity contribution < 1.29 is 9.59 Å². The minimum absolute atomic E-state index is 0.0728. The van der Waals surface area contributed by atoms with Gasteiger partial charge in [0.25, 0.3) is 0 Å². The Bertz CT molecular complexity index is 491. The van der Waals surface area contributed by atoms with Crippen molar-refractivity contribution in [1.29, 1.82) is 0 Å². The van der Waals surface area contributed by atoms with E-state index in [9.17, 15) is 9.59 Å². The van der Waals surface area contributed by atoms with Crippen molar-refractivity contribution in [3.63, 3.8) is 0 Å². The summed E-state index contributed by atoms with van der Waals surface area (Å²) in [6, 6.07) is 7.07. The summed E-state index contributed by atoms with van der Waals surface area (Å²) in [5.41, 5.74) is 2.13. The lowest BCUT2D eigenvalue weighted by Gasteiger charge is -2.22. The van der Waals surface area contributed by atoms with E-state index in [0.717, 1.165) is 11.3 Å². The summed E-state index contributed by atoms with van der Waals surface area (Å²) in [6.07, 6.45) is 0.659. The Hall–Kier alpha value is -2.04. The van der Waals surface area contributed by atoms with Crippen LogP contribution in [0.25, 0.3) is 0 Å². The highest BCUT2D eigenvalue weighted by molar-refractivity contribution is 5.92. The van der Waals surface area contributed by atoms with Gasteiger partial charge in [-0.2, -0.15) is 0 Å². The number of nitrogens with one attached hydrogen (secondary N) is 2. The Labute approximate surface area is 119 Å². The Balaban J connectivity index is 1.93. The summed E-state index contributed by atoms with van der Waals surface area (Å²) in [7, 11) is 1.73. The second kappa shape index (κ2) is 5.94. The quantitative estimate of drug-likeness (QED) is 0.862. The van der Waals surface area contributed by atoms with Gasteiger partial charge in [-0.1, -0.05) is 18.2 Å². The average molecular weight is 275 g/mol. The molecule has 0 spiro atoms. The molecule has 0 aromatic heterocycles. The molecule has 2 N–H and O–H groups in total. The lowest BCUT2D eigenvalue weighted by Crippen LogP contribution is -2.49. The Kier molecular flexibility index (Phi) is 4.27. The zero-order valence-corrected chi connectivity index (χ0v) is 12.1. The number of amides is 2. The molecule has 0 fully saturated rings. The van der Waals surface area contributed by atoms with Crippen LogP contribution in [0.15, 0.2) is 24.3 Å². The van der Waals surface area contributed by atoms with Gasteiger partial charge in [0.2, 0.25) is 11.8 Å². The first kappa shape index (κ1) is 14.4. The monoisotopic (exact) mass is 275 g/mol. The number of hydrogen-bond acceptors (Lipinski definition) is 3. The van der Waals surface area contributed by atoms with E-state index in [1.165, 1.54) is 0 Å². The average Bonchev–Trinajstić information content (AvgIpc) is 2.89. The van der Waals surface area contributed by atoms with E-state index in [2.05, 4.69) is 10.6 Å². The summed E-state index contributed by atoms with van der Waals surface area (Å²) in [4.78, 5) is 25.7. The van der Waals surface area contributed by atoms with E-state index in [-0.39, 0.29) is 17.9 Å². The number of fused-ring (bicyclic) bond motifs is 1. The van der Waals surface area contributed by atoms with Crippen LogP contribution in [0.1, 0.15) is 19.4 Å². The number of para-hydroxylation sites is 1. The largest absolute Gasteiger partial charge is 0.373 e. The van der Waals surface area contributed by atoms with Crippen molar-refractivity contribution in [1.82, 2.24) is 10.2 Å². The number of likely N-dealkylation sites (N-methyl/N-ethyl adjacent to an activating group) is 1. The second-order valence-corrected chi connectivity index (χ2v) is 5.14. The van der Waals surface area contributed by atoms with Crippen LogP contribution in [0.5, 0.6) is 0 Å². The van der Waals surface area contributed by atoms with Gasteiger partial charge in [0, 0.05) is 25.7 Å². The van der Waals surface area contributed by atoms with E-state index >= 15 is 0 Å². The number of carbonyl (C=O) groups is 2. The maximum Gasteiger partial charge on any atom is 0.244 e. The molecular weight excluding hydrogens is 254 g/mol. The van der Waals surface area contributed by atoms with Crippen molar-refractivity contribution in [3.05, 3.63) is 29.8 Å². The van der Waals surface area contributed by atoms with Gasteiger partial charge < -0.3 is 15.5 Å². The fraction of sp³-hybridized carbons (Fsp3) is 0.467. The molecule has 0 bridgehead atoms. The van der Waals surface area contributed by atoms with Crippen LogP contribution < -0.4 is 10.6 Å². The number of rotatable bonds is 4. The molecule has 2 rings (SSSR count). The molecular formula is C15H21N3O2. The number of benzene rings is 1. The van der Waals surface area contributed by atoms with Gasteiger partial charge >= 0.3 is 0 Å². The van der Waals surface area contributed by atoms with Crippen molar-refractivity contribution in [2.75, 3.05) is 18.9 Å². The molecule has 0 aliphatic carbocycles. The predicted octanol–water partition coefficient (Wildman–Crippen LogP) is 1.01. The molecule has 1 aromatic carbocycles. The lowest BCUT2D eigenvalue weighted by molar-refractivity contribution is -0.134. The van der Waals surface area contributed by atoms with E-state index in [4.69, 9.17) is 0 Å². The molecule has 1 aromatic rings. The Morgan fingerprint density at radius 3 is 2.80 bits per heavy atom. The van der Waals surface area contributed by atoms with Crippen LogP contribution >= 0.6 is 0 Å². The number of anilines is 1. The van der Waals surface area contributed by atoms with Gasteiger partial charge in [-0.05, 0) is 25.5 Å². The summed E-state index contributed by atoms with van der Waals surface area (Å²) in [5, 5.41) is 5.96. The van der Waals surface area contributed by atoms with E-state index in [0.29, 0.717) is 13.0 Å². The minimum Gasteiger partial charge on any atom is -0.373 e. The zero-order chi connectivity index (χ0) is 14.7. The molecule has 108 valence electrons. The highest BCUT2D eigenvalue weighted by Crippen LogP contribution is 2.25. The molecule has 5 nitrogen and oxygen atoms in total. The summed E-state index contributed by atoms with van der Waals surface area (Å²) >= 11 is 0. The maximum atomic E-state index is 12.2. The van der Waals surface area contributed by atoms with Crippen molar-refractivity contribution >= 4 is 17.5 Å². The molecule has 0 saturated heterocycles. The second-order valence-electron chi connectivity index (χ2n) is 5.14. The number of nitrogens with zero attached hydrogens (tertiary/aromatic N) is 1. The molecule has 0 saturated carbocycles. The normalized spacial score (nSPS) is 17.9. The smallest absolute Gasteiger partial charge is 0.244 e. The molecule has 2 unspecified atom stereocenters. The SMILES string of the molecule is CCN(C)C(=O)C(C)NC(=O)C1Cc2ccccc2N1. The number of carbonyl (C=O) groups excluding carboxylic acids is 2. The minimum atomic E-state index is -0.502. The molecule has 5 heteroatoms. The number of hydrogen-bond donors (Lipinski definition) is 2. The standard InChI is InChI=1S/C15H21N3O2/c1-4-18(3)15(20)10(2)16-14(19)13-9-11-7-5-6-8-12(11)17-13/h5-8,10,13,17H,4,9H2,1-3H3,(H,16,19). The Morgan fingerprint density at radius 1 is 1.45 bits per heavy atom. The fourth-order valence-corrected chi connectivity index (χ4v) is 2.32. The molecule has 20 heavy (non-hydrogen) atoms. The predicted molar refractivity (Wildman–Crippen MR) is 78.5 cm³/mol. The summed E-state index contributed by atoms with van der Waals surface area (Å²) in [5.74, 6) is -0.206. The summed E-state index contributed by atoms with van der Waals surface area (Å²) < 4.78 is 0. The zero-order valence-electron chi connectivity index (χ0n) is 12.1. The van der Waals surface area contributed by atoms with Crippen molar-refractivity contribution in [3.8, 4) is 0 Å². The molecule has 1 heterocycles. The topological polar surface area (TPSA) is 61.4 Å². The van der Waals surface area contributed by atoms with Crippen LogP contribution in [-0.2, 0) is 16.0 Å². The third-order valence-corrected chi connectivity index (χ3v) is 3.67. The maximum absolute atomic E-state index is 12.2. The first-order valence-corrected chi connectivity index (χ1v) is 6.92. The van der Waals surface area contributed by atoms with E-state index in [1.54, 1.807) is 18.9 Å². The van der Waals surface area contributed by atoms with E-state index < -0.39 is 6.04 Å². The third kappa shape index (κ3) is 2.92. The highest BCUT2D eigenvalue weighted by atomic mass is 16.2. The fourth-order valence-electron chi connectivity index (χ4n) is 2.32. The van der Waals surface area contributed by atoms with Crippen LogP contribution in [0, 0.1) is 0 Å². The van der Waals surface area contributed by atoms with Gasteiger partial charge in [-0.15, -0.1) is 0 Å². The van der Waals surface area contributed by atoms with Crippen LogP contribution in [-0.4, -0.2) is 42.4 Å². The summed E-state index contributed by atoms with van der Waals surface area (Å²) in [6.45, 7) is 4.25. The molecule has 1 aliphatic heterocycles. The van der Waals surface area contributed by atoms with Crippen LogP contribution in [0.3, 0.4) is 0 Å². The molecule has 2 amide bonds. The highest BCUT2D eigenvalue weighted by Gasteiger charge is 2.28. The Morgan fingerprint density at radius 2 is 2.15 bits per heavy atom. The van der Waals surface area contributed by atoms with Gasteiger partial charge in [0.1, 0.15) is 12.1 Å². The van der Waals surface area contributed by atoms with Gasteiger partial charge in [-0.25, -0.2) is 0 Å². The first-order valence-electron chi connectivity index (χ1n) is 6.92. The lowest BCUT2D eigenvalue weighted by atomic mass is 10.1. The van der Waals surface area contributed by atoms with Crippen molar-refractivity contribution in [2.45, 2.75) is 32.4 Å². The van der Waals surface area contributed by atoms with Crippen LogP contribution in [0.2, 0.25) is 0 Å². The molecule has 1 aliphatic rings. The van der Waals surface area contributed by atoms with Gasteiger partial charge in [0.05, 0.1) is 0 Å². The van der Waals surface area contributed by atoms with Gasteiger partial charge in [0.15, 0.2) is 0 Å². The van der Waals surface area contributed by atoms with Crippen LogP contribution in [0.4, 0.5) is 5.69 Å². The third-order valence-electron chi connectivity index (χ3n) is 3.67. The molecule has 2 atom stereocenters. The first-order chi connectivity index (χ1) is 9.52.